The van der Waals surface area contributed by atoms with E-state index in [1.807, 2.05) is 6.07 Å². The first kappa shape index (κ1) is 18.0. The zero-order chi connectivity index (χ0) is 18.6. The third-order valence-electron chi connectivity index (χ3n) is 3.38. The maximum absolute atomic E-state index is 12.8. The number of ketones is 1. The molecule has 0 bridgehead atoms. The van der Waals surface area contributed by atoms with Gasteiger partial charge in [0.2, 0.25) is 0 Å². The average molecular weight is 339 g/mol. The van der Waals surface area contributed by atoms with Crippen molar-refractivity contribution in [1.82, 2.24) is 0 Å². The van der Waals surface area contributed by atoms with Gasteiger partial charge in [-0.05, 0) is 38.1 Å². The second-order valence-corrected chi connectivity index (χ2v) is 5.55. The fraction of sp³-hybridized carbons (Fsp3) is 0.211. The topological polar surface area (TPSA) is 96.6 Å². The first-order chi connectivity index (χ1) is 11.9. The molecule has 0 aliphatic rings. The maximum atomic E-state index is 12.8. The highest BCUT2D eigenvalue weighted by atomic mass is 16.5. The van der Waals surface area contributed by atoms with Crippen LogP contribution in [0.2, 0.25) is 0 Å². The van der Waals surface area contributed by atoms with Crippen LogP contribution in [0.4, 0.5) is 0 Å². The van der Waals surface area contributed by atoms with Crippen molar-refractivity contribution in [3.05, 3.63) is 58.7 Å². The SMILES string of the molecule is COc1cc(C(=O)OC(C)C)c(C(=O)c2cccc(C#N)c2)cc1O. The molecule has 128 valence electrons. The van der Waals surface area contributed by atoms with Crippen molar-refractivity contribution < 1.29 is 24.2 Å². The van der Waals surface area contributed by atoms with E-state index in [2.05, 4.69) is 0 Å². The average Bonchev–Trinajstić information content (AvgIpc) is 2.60. The minimum absolute atomic E-state index is 0.0179. The number of rotatable bonds is 5. The Morgan fingerprint density at radius 3 is 2.48 bits per heavy atom. The monoisotopic (exact) mass is 339 g/mol. The van der Waals surface area contributed by atoms with E-state index in [9.17, 15) is 14.7 Å². The first-order valence-corrected chi connectivity index (χ1v) is 7.54. The number of aromatic hydroxyl groups is 1. The summed E-state index contributed by atoms with van der Waals surface area (Å²) >= 11 is 0. The van der Waals surface area contributed by atoms with Gasteiger partial charge in [-0.3, -0.25) is 4.79 Å². The van der Waals surface area contributed by atoms with Crippen LogP contribution in [0.5, 0.6) is 11.5 Å². The lowest BCUT2D eigenvalue weighted by atomic mass is 9.96. The van der Waals surface area contributed by atoms with E-state index in [-0.39, 0.29) is 34.3 Å². The minimum atomic E-state index is -0.701. The summed E-state index contributed by atoms with van der Waals surface area (Å²) in [6, 6.07) is 10.5. The smallest absolute Gasteiger partial charge is 0.339 e. The Kier molecular flexibility index (Phi) is 5.40. The van der Waals surface area contributed by atoms with Gasteiger partial charge in [0, 0.05) is 11.1 Å². The zero-order valence-corrected chi connectivity index (χ0v) is 14.1. The van der Waals surface area contributed by atoms with Gasteiger partial charge in [0.1, 0.15) is 0 Å². The highest BCUT2D eigenvalue weighted by Gasteiger charge is 2.23. The molecular weight excluding hydrogens is 322 g/mol. The Labute approximate surface area is 145 Å². The Bertz CT molecular complexity index is 865. The van der Waals surface area contributed by atoms with E-state index in [1.165, 1.54) is 25.3 Å². The quantitative estimate of drug-likeness (QED) is 0.664. The number of esters is 1. The Hall–Kier alpha value is -3.33. The molecule has 0 saturated carbocycles. The van der Waals surface area contributed by atoms with Crippen LogP contribution < -0.4 is 4.74 Å². The number of hydrogen-bond acceptors (Lipinski definition) is 6. The molecule has 0 fully saturated rings. The van der Waals surface area contributed by atoms with Crippen LogP contribution in [0, 0.1) is 11.3 Å². The Morgan fingerprint density at radius 1 is 1.16 bits per heavy atom. The van der Waals surface area contributed by atoms with Crippen LogP contribution >= 0.6 is 0 Å². The third kappa shape index (κ3) is 3.96. The van der Waals surface area contributed by atoms with Crippen molar-refractivity contribution in [1.29, 1.82) is 5.26 Å². The fourth-order valence-corrected chi connectivity index (χ4v) is 2.25. The van der Waals surface area contributed by atoms with Crippen molar-refractivity contribution in [2.75, 3.05) is 7.11 Å². The number of hydrogen-bond donors (Lipinski definition) is 1. The Balaban J connectivity index is 2.58. The van der Waals surface area contributed by atoms with Crippen LogP contribution in [0.15, 0.2) is 36.4 Å². The van der Waals surface area contributed by atoms with Gasteiger partial charge >= 0.3 is 5.97 Å². The number of phenolic OH excluding ortho intramolecular Hbond substituents is 1. The molecule has 0 saturated heterocycles. The number of benzene rings is 2. The third-order valence-corrected chi connectivity index (χ3v) is 3.38. The number of carbonyl (C=O) groups is 2. The summed E-state index contributed by atoms with van der Waals surface area (Å²) in [5.41, 5.74) is 0.492. The first-order valence-electron chi connectivity index (χ1n) is 7.54. The molecule has 0 aromatic heterocycles. The second kappa shape index (κ2) is 7.49. The molecule has 0 spiro atoms. The summed E-state index contributed by atoms with van der Waals surface area (Å²) in [6.07, 6.45) is -0.378. The van der Waals surface area contributed by atoms with Crippen molar-refractivity contribution >= 4 is 11.8 Å². The second-order valence-electron chi connectivity index (χ2n) is 5.55. The van der Waals surface area contributed by atoms with Crippen LogP contribution in [0.25, 0.3) is 0 Å². The van der Waals surface area contributed by atoms with Gasteiger partial charge in [0.25, 0.3) is 0 Å². The van der Waals surface area contributed by atoms with Crippen molar-refractivity contribution in [3.63, 3.8) is 0 Å². The number of ether oxygens (including phenoxy) is 2. The molecule has 0 unspecified atom stereocenters. The minimum Gasteiger partial charge on any atom is -0.504 e. The molecule has 2 aromatic rings. The molecular formula is C19H17NO5. The number of nitriles is 1. The molecule has 2 rings (SSSR count). The normalized spacial score (nSPS) is 10.2. The lowest BCUT2D eigenvalue weighted by Gasteiger charge is -2.14. The fourth-order valence-electron chi connectivity index (χ4n) is 2.25. The molecule has 0 heterocycles. The van der Waals surface area contributed by atoms with Crippen LogP contribution in [-0.4, -0.2) is 30.1 Å². The number of phenols is 1. The maximum Gasteiger partial charge on any atom is 0.339 e. The van der Waals surface area contributed by atoms with Crippen LogP contribution in [-0.2, 0) is 4.74 Å². The lowest BCUT2D eigenvalue weighted by molar-refractivity contribution is 0.0375. The zero-order valence-electron chi connectivity index (χ0n) is 14.1. The molecule has 6 heteroatoms. The van der Waals surface area contributed by atoms with Crippen LogP contribution in [0.3, 0.4) is 0 Å². The molecule has 2 aromatic carbocycles. The highest BCUT2D eigenvalue weighted by molar-refractivity contribution is 6.15. The molecule has 1 N–H and O–H groups in total. The predicted molar refractivity (Wildman–Crippen MR) is 89.8 cm³/mol. The molecule has 0 atom stereocenters. The van der Waals surface area contributed by atoms with E-state index in [1.54, 1.807) is 26.0 Å². The van der Waals surface area contributed by atoms with Crippen molar-refractivity contribution in [2.24, 2.45) is 0 Å². The molecule has 6 nitrogen and oxygen atoms in total. The van der Waals surface area contributed by atoms with Crippen molar-refractivity contribution in [2.45, 2.75) is 20.0 Å². The summed E-state index contributed by atoms with van der Waals surface area (Å²) in [6.45, 7) is 3.38. The van der Waals surface area contributed by atoms with Gasteiger partial charge in [0.05, 0.1) is 30.4 Å². The van der Waals surface area contributed by atoms with E-state index in [4.69, 9.17) is 14.7 Å². The van der Waals surface area contributed by atoms with Gasteiger partial charge < -0.3 is 14.6 Å². The number of methoxy groups -OCH3 is 1. The number of nitrogens with zero attached hydrogens (tertiary/aromatic N) is 1. The van der Waals surface area contributed by atoms with E-state index in [0.29, 0.717) is 5.56 Å². The van der Waals surface area contributed by atoms with E-state index in [0.717, 1.165) is 6.07 Å². The van der Waals surface area contributed by atoms with Gasteiger partial charge in [0.15, 0.2) is 17.3 Å². The molecule has 25 heavy (non-hydrogen) atoms. The van der Waals surface area contributed by atoms with Gasteiger partial charge in [-0.2, -0.15) is 5.26 Å². The number of carbonyl (C=O) groups excluding carboxylic acids is 2. The largest absolute Gasteiger partial charge is 0.504 e. The molecule has 0 amide bonds. The van der Waals surface area contributed by atoms with E-state index < -0.39 is 11.8 Å². The Morgan fingerprint density at radius 2 is 1.88 bits per heavy atom. The van der Waals surface area contributed by atoms with Crippen molar-refractivity contribution in [3.8, 4) is 17.6 Å². The van der Waals surface area contributed by atoms with E-state index >= 15 is 0 Å². The molecule has 0 radical (unpaired) electrons. The van der Waals surface area contributed by atoms with Crippen LogP contribution in [0.1, 0.15) is 45.7 Å². The molecule has 0 aliphatic heterocycles. The molecule has 0 aliphatic carbocycles. The highest BCUT2D eigenvalue weighted by Crippen LogP contribution is 2.31. The summed E-state index contributed by atoms with van der Waals surface area (Å²) < 4.78 is 10.2. The predicted octanol–water partition coefficient (Wildman–Crippen LogP) is 3.07. The lowest BCUT2D eigenvalue weighted by Crippen LogP contribution is -2.16. The van der Waals surface area contributed by atoms with Gasteiger partial charge in [-0.15, -0.1) is 0 Å². The van der Waals surface area contributed by atoms with Gasteiger partial charge in [-0.1, -0.05) is 12.1 Å². The summed E-state index contributed by atoms with van der Waals surface area (Å²) in [4.78, 5) is 25.2. The standard InChI is InChI=1S/C19H17NO5/c1-11(2)25-19(23)15-9-17(24-3)16(21)8-14(15)18(22)13-6-4-5-12(7-13)10-20/h4-9,11,21H,1-3H3. The van der Waals surface area contributed by atoms with Gasteiger partial charge in [-0.25, -0.2) is 4.79 Å². The summed E-state index contributed by atoms with van der Waals surface area (Å²) in [5, 5.41) is 19.0. The summed E-state index contributed by atoms with van der Waals surface area (Å²) in [5.74, 6) is -1.43. The summed E-state index contributed by atoms with van der Waals surface area (Å²) in [7, 11) is 1.34.